The van der Waals surface area contributed by atoms with Crippen molar-refractivity contribution in [3.63, 3.8) is 0 Å². The van der Waals surface area contributed by atoms with Gasteiger partial charge in [-0.15, -0.1) is 0 Å². The molecule has 3 rings (SSSR count). The number of amides is 3. The number of H-pyrrole nitrogens is 1. The second-order valence-corrected chi connectivity index (χ2v) is 7.81. The Kier molecular flexibility index (Phi) is 6.23. The first kappa shape index (κ1) is 20.2. The monoisotopic (exact) mass is 449 g/mol. The Balaban J connectivity index is 1.79. The number of imidazole rings is 1. The number of likely N-dealkylation sites (tertiary alicyclic amines) is 1. The molecular weight excluding hydrogens is 426 g/mol. The molecular formula is C19H24BrN5O3. The maximum atomic E-state index is 13.1. The molecule has 8 nitrogen and oxygen atoms in total. The lowest BCUT2D eigenvalue weighted by Gasteiger charge is -2.33. The number of hydrazine groups is 1. The molecule has 9 heteroatoms. The van der Waals surface area contributed by atoms with Crippen LogP contribution in [0.3, 0.4) is 0 Å². The number of methoxy groups -OCH3 is 1. The largest absolute Gasteiger partial charge is 0.452 e. The molecule has 0 spiro atoms. The zero-order valence-electron chi connectivity index (χ0n) is 16.1. The van der Waals surface area contributed by atoms with Crippen molar-refractivity contribution in [1.29, 1.82) is 0 Å². The van der Waals surface area contributed by atoms with Crippen LogP contribution >= 0.6 is 15.9 Å². The van der Waals surface area contributed by atoms with Crippen molar-refractivity contribution in [2.24, 2.45) is 0 Å². The summed E-state index contributed by atoms with van der Waals surface area (Å²) in [6, 6.07) is 7.28. The van der Waals surface area contributed by atoms with E-state index in [2.05, 4.69) is 36.1 Å². The van der Waals surface area contributed by atoms with E-state index >= 15 is 0 Å². The molecule has 150 valence electrons. The zero-order valence-corrected chi connectivity index (χ0v) is 17.7. The fourth-order valence-electron chi connectivity index (χ4n) is 3.24. The van der Waals surface area contributed by atoms with Crippen LogP contribution in [0.15, 0.2) is 34.9 Å². The number of hydrogen-bond acceptors (Lipinski definition) is 4. The van der Waals surface area contributed by atoms with Gasteiger partial charge in [0.05, 0.1) is 25.0 Å². The van der Waals surface area contributed by atoms with Crippen LogP contribution in [0.4, 0.5) is 9.59 Å². The number of nitrogens with zero attached hydrogens (tertiary/aromatic N) is 3. The number of rotatable bonds is 3. The highest BCUT2D eigenvalue weighted by atomic mass is 79.9. The van der Waals surface area contributed by atoms with E-state index in [-0.39, 0.29) is 18.1 Å². The number of benzene rings is 1. The second-order valence-electron chi connectivity index (χ2n) is 6.89. The van der Waals surface area contributed by atoms with Crippen LogP contribution in [0, 0.1) is 0 Å². The number of halogens is 1. The van der Waals surface area contributed by atoms with Gasteiger partial charge in [-0.2, -0.15) is 0 Å². The molecule has 0 aliphatic carbocycles. The quantitative estimate of drug-likeness (QED) is 0.690. The van der Waals surface area contributed by atoms with Crippen LogP contribution in [-0.2, 0) is 4.74 Å². The van der Waals surface area contributed by atoms with Gasteiger partial charge in [-0.3, -0.25) is 0 Å². The Morgan fingerprint density at radius 2 is 2.07 bits per heavy atom. The number of nitrogens with one attached hydrogen (secondary N) is 2. The van der Waals surface area contributed by atoms with E-state index in [0.29, 0.717) is 6.54 Å². The van der Waals surface area contributed by atoms with Gasteiger partial charge in [0.2, 0.25) is 0 Å². The Bertz CT molecular complexity index is 836. The minimum atomic E-state index is -0.673. The molecule has 1 aliphatic rings. The van der Waals surface area contributed by atoms with Gasteiger partial charge in [0.15, 0.2) is 0 Å². The van der Waals surface area contributed by atoms with Gasteiger partial charge in [-0.1, -0.05) is 28.1 Å². The summed E-state index contributed by atoms with van der Waals surface area (Å²) in [4.78, 5) is 34.3. The summed E-state index contributed by atoms with van der Waals surface area (Å²) in [5.41, 5.74) is 4.42. The highest BCUT2D eigenvalue weighted by Crippen LogP contribution is 2.32. The molecule has 0 radical (unpaired) electrons. The smallest absolute Gasteiger partial charge is 0.425 e. The molecule has 0 unspecified atom stereocenters. The number of urea groups is 1. The SMILES string of the molecule is COC(=O)NN(C(=O)N1CCC[C@H]1c1ncc(-c2ccc(Br)cc2)[nH]1)C(C)C. The zero-order chi connectivity index (χ0) is 20.3. The summed E-state index contributed by atoms with van der Waals surface area (Å²) < 4.78 is 5.64. The van der Waals surface area contributed by atoms with Crippen molar-refractivity contribution in [2.45, 2.75) is 38.8 Å². The highest BCUT2D eigenvalue weighted by Gasteiger charge is 2.36. The minimum absolute atomic E-state index is 0.169. The van der Waals surface area contributed by atoms with Crippen LogP contribution < -0.4 is 5.43 Å². The minimum Gasteiger partial charge on any atom is -0.452 e. The summed E-state index contributed by atoms with van der Waals surface area (Å²) in [7, 11) is 1.27. The van der Waals surface area contributed by atoms with Gasteiger partial charge < -0.3 is 14.6 Å². The van der Waals surface area contributed by atoms with Gasteiger partial charge in [0, 0.05) is 17.1 Å². The van der Waals surface area contributed by atoms with Gasteiger partial charge in [-0.25, -0.2) is 25.0 Å². The third kappa shape index (κ3) is 4.30. The molecule has 28 heavy (non-hydrogen) atoms. The molecule has 1 fully saturated rings. The van der Waals surface area contributed by atoms with Crippen molar-refractivity contribution in [3.05, 3.63) is 40.8 Å². The van der Waals surface area contributed by atoms with Crippen LogP contribution in [0.1, 0.15) is 38.6 Å². The average molecular weight is 450 g/mol. The molecule has 3 amide bonds. The fraction of sp³-hybridized carbons (Fsp3) is 0.421. The predicted octanol–water partition coefficient (Wildman–Crippen LogP) is 4.08. The summed E-state index contributed by atoms with van der Waals surface area (Å²) in [6.45, 7) is 4.26. The molecule has 0 saturated carbocycles. The lowest BCUT2D eigenvalue weighted by molar-refractivity contribution is 0.0916. The number of aromatic amines is 1. The molecule has 2 heterocycles. The number of ether oxygens (including phenoxy) is 1. The summed E-state index contributed by atoms with van der Waals surface area (Å²) in [6.07, 6.45) is 2.79. The predicted molar refractivity (Wildman–Crippen MR) is 108 cm³/mol. The number of carbonyl (C=O) groups is 2. The van der Waals surface area contributed by atoms with E-state index in [9.17, 15) is 9.59 Å². The average Bonchev–Trinajstić information content (AvgIpc) is 3.34. The van der Waals surface area contributed by atoms with Gasteiger partial charge in [0.1, 0.15) is 5.82 Å². The first-order valence-electron chi connectivity index (χ1n) is 9.16. The van der Waals surface area contributed by atoms with E-state index in [1.54, 1.807) is 11.1 Å². The highest BCUT2D eigenvalue weighted by molar-refractivity contribution is 9.10. The molecule has 1 aliphatic heterocycles. The lowest BCUT2D eigenvalue weighted by atomic mass is 10.2. The van der Waals surface area contributed by atoms with Crippen molar-refractivity contribution >= 4 is 28.1 Å². The summed E-state index contributed by atoms with van der Waals surface area (Å²) in [5.74, 6) is 0.741. The first-order valence-corrected chi connectivity index (χ1v) is 9.95. The Morgan fingerprint density at radius 3 is 2.71 bits per heavy atom. The van der Waals surface area contributed by atoms with Gasteiger partial charge in [-0.05, 0) is 44.4 Å². The van der Waals surface area contributed by atoms with Gasteiger partial charge in [0.25, 0.3) is 0 Å². The Hall–Kier alpha value is -2.55. The molecule has 1 aromatic carbocycles. The first-order chi connectivity index (χ1) is 13.4. The van der Waals surface area contributed by atoms with Crippen LogP contribution in [-0.4, -0.2) is 51.7 Å². The lowest BCUT2D eigenvalue weighted by Crippen LogP contribution is -2.54. The number of hydrogen-bond donors (Lipinski definition) is 2. The Labute approximate surface area is 172 Å². The summed E-state index contributed by atoms with van der Waals surface area (Å²) in [5, 5.41) is 1.29. The van der Waals surface area contributed by atoms with Crippen LogP contribution in [0.5, 0.6) is 0 Å². The molecule has 2 aromatic rings. The molecule has 1 saturated heterocycles. The third-order valence-electron chi connectivity index (χ3n) is 4.68. The maximum absolute atomic E-state index is 13.1. The van der Waals surface area contributed by atoms with Crippen molar-refractivity contribution in [2.75, 3.05) is 13.7 Å². The maximum Gasteiger partial charge on any atom is 0.425 e. The molecule has 1 atom stereocenters. The Morgan fingerprint density at radius 1 is 1.36 bits per heavy atom. The molecule has 2 N–H and O–H groups in total. The van der Waals surface area contributed by atoms with Crippen LogP contribution in [0.2, 0.25) is 0 Å². The van der Waals surface area contributed by atoms with E-state index in [1.807, 2.05) is 38.1 Å². The normalized spacial score (nSPS) is 16.3. The molecule has 1 aromatic heterocycles. The van der Waals surface area contributed by atoms with E-state index in [0.717, 1.165) is 34.4 Å². The van der Waals surface area contributed by atoms with Crippen molar-refractivity contribution in [3.8, 4) is 11.3 Å². The summed E-state index contributed by atoms with van der Waals surface area (Å²) >= 11 is 3.43. The number of carbonyl (C=O) groups excluding carboxylic acids is 2. The van der Waals surface area contributed by atoms with E-state index < -0.39 is 6.09 Å². The van der Waals surface area contributed by atoms with Crippen molar-refractivity contribution < 1.29 is 14.3 Å². The van der Waals surface area contributed by atoms with E-state index in [4.69, 9.17) is 0 Å². The van der Waals surface area contributed by atoms with Crippen LogP contribution in [0.25, 0.3) is 11.3 Å². The number of aromatic nitrogens is 2. The van der Waals surface area contributed by atoms with E-state index in [1.165, 1.54) is 12.1 Å². The second kappa shape index (κ2) is 8.64. The topological polar surface area (TPSA) is 90.6 Å². The standard InChI is InChI=1S/C19H24BrN5O3/c1-12(2)25(23-18(26)28-3)19(27)24-10-4-5-16(24)17-21-11-15(22-17)13-6-8-14(20)9-7-13/h6-9,11-12,16H,4-5,10H2,1-3H3,(H,21,22)(H,23,26)/t16-/m0/s1. The van der Waals surface area contributed by atoms with Gasteiger partial charge >= 0.3 is 12.1 Å². The van der Waals surface area contributed by atoms with Crippen molar-refractivity contribution in [1.82, 2.24) is 25.3 Å². The third-order valence-corrected chi connectivity index (χ3v) is 5.21. The molecule has 0 bridgehead atoms. The fourth-order valence-corrected chi connectivity index (χ4v) is 3.51.